The summed E-state index contributed by atoms with van der Waals surface area (Å²) in [4.78, 5) is 33.3. The highest BCUT2D eigenvalue weighted by atomic mass is 32.2. The maximum atomic E-state index is 11.5. The minimum absolute atomic E-state index is 0.0140. The molecule has 1 fully saturated rings. The largest absolute Gasteiger partial charge is 0.323 e. The van der Waals surface area contributed by atoms with E-state index < -0.39 is 0 Å². The summed E-state index contributed by atoms with van der Waals surface area (Å²) >= 11 is 1.50. The third kappa shape index (κ3) is 3.71. The van der Waals surface area contributed by atoms with Gasteiger partial charge in [0.1, 0.15) is 13.2 Å². The highest BCUT2D eigenvalue weighted by Gasteiger charge is 2.22. The standard InChI is InChI=1S/C11H13N3O3S/c15-10(5-14-8-18-7-11(14)16)13-17-6-9-3-1-2-4-12-9/h1-4H,5-8H2,(H,13,15). The minimum atomic E-state index is -0.332. The lowest BCUT2D eigenvalue weighted by atomic mass is 10.4. The molecule has 2 heterocycles. The zero-order valence-corrected chi connectivity index (χ0v) is 10.5. The molecule has 0 aromatic carbocycles. The van der Waals surface area contributed by atoms with Crippen molar-refractivity contribution in [2.24, 2.45) is 0 Å². The molecule has 18 heavy (non-hydrogen) atoms. The van der Waals surface area contributed by atoms with E-state index in [9.17, 15) is 9.59 Å². The Labute approximate surface area is 109 Å². The number of pyridine rings is 1. The van der Waals surface area contributed by atoms with Crippen LogP contribution in [-0.2, 0) is 21.0 Å². The Morgan fingerprint density at radius 1 is 1.56 bits per heavy atom. The van der Waals surface area contributed by atoms with E-state index in [0.29, 0.717) is 11.6 Å². The Bertz CT molecular complexity index is 427. The zero-order chi connectivity index (χ0) is 12.8. The molecule has 1 aromatic rings. The first-order valence-electron chi connectivity index (χ1n) is 5.42. The second kappa shape index (κ2) is 6.36. The van der Waals surface area contributed by atoms with Gasteiger partial charge in [-0.25, -0.2) is 5.48 Å². The first-order valence-corrected chi connectivity index (χ1v) is 6.57. The minimum Gasteiger partial charge on any atom is -0.323 e. The Balaban J connectivity index is 1.67. The lowest BCUT2D eigenvalue weighted by molar-refractivity contribution is -0.140. The van der Waals surface area contributed by atoms with E-state index in [0.717, 1.165) is 5.69 Å². The van der Waals surface area contributed by atoms with Crippen LogP contribution < -0.4 is 5.48 Å². The van der Waals surface area contributed by atoms with Gasteiger partial charge in [-0.05, 0) is 12.1 Å². The van der Waals surface area contributed by atoms with Crippen LogP contribution in [0.2, 0.25) is 0 Å². The van der Waals surface area contributed by atoms with Crippen molar-refractivity contribution in [1.82, 2.24) is 15.4 Å². The monoisotopic (exact) mass is 267 g/mol. The SMILES string of the molecule is O=C(CN1CSCC1=O)NOCc1ccccn1. The van der Waals surface area contributed by atoms with Crippen LogP contribution in [0.4, 0.5) is 0 Å². The van der Waals surface area contributed by atoms with Gasteiger partial charge >= 0.3 is 0 Å². The van der Waals surface area contributed by atoms with Crippen LogP contribution in [0.5, 0.6) is 0 Å². The molecular formula is C11H13N3O3S. The predicted octanol–water partition coefficient (Wildman–Crippen LogP) is 0.162. The summed E-state index contributed by atoms with van der Waals surface area (Å²) in [6.07, 6.45) is 1.65. The number of hydrogen-bond donors (Lipinski definition) is 1. The van der Waals surface area contributed by atoms with Crippen LogP contribution in [0.15, 0.2) is 24.4 Å². The van der Waals surface area contributed by atoms with Crippen molar-refractivity contribution in [3.63, 3.8) is 0 Å². The van der Waals surface area contributed by atoms with Gasteiger partial charge < -0.3 is 4.90 Å². The summed E-state index contributed by atoms with van der Waals surface area (Å²) in [7, 11) is 0. The number of amides is 2. The maximum absolute atomic E-state index is 11.5. The number of nitrogens with one attached hydrogen (secondary N) is 1. The average molecular weight is 267 g/mol. The van der Waals surface area contributed by atoms with Gasteiger partial charge in [0.25, 0.3) is 5.91 Å². The van der Waals surface area contributed by atoms with Gasteiger partial charge in [-0.2, -0.15) is 0 Å². The number of thioether (sulfide) groups is 1. The van der Waals surface area contributed by atoms with Crippen molar-refractivity contribution in [1.29, 1.82) is 0 Å². The highest BCUT2D eigenvalue weighted by molar-refractivity contribution is 8.00. The number of rotatable bonds is 5. The van der Waals surface area contributed by atoms with Crippen molar-refractivity contribution in [2.45, 2.75) is 6.61 Å². The van der Waals surface area contributed by atoms with E-state index in [4.69, 9.17) is 4.84 Å². The van der Waals surface area contributed by atoms with E-state index in [1.54, 1.807) is 18.3 Å². The number of carbonyl (C=O) groups excluding carboxylic acids is 2. The predicted molar refractivity (Wildman–Crippen MR) is 66.2 cm³/mol. The Morgan fingerprint density at radius 3 is 3.11 bits per heavy atom. The summed E-state index contributed by atoms with van der Waals surface area (Å²) < 4.78 is 0. The van der Waals surface area contributed by atoms with Crippen LogP contribution in [0.25, 0.3) is 0 Å². The molecule has 0 bridgehead atoms. The van der Waals surface area contributed by atoms with E-state index in [-0.39, 0.29) is 25.0 Å². The molecule has 1 aromatic heterocycles. The van der Waals surface area contributed by atoms with Gasteiger partial charge in [0.2, 0.25) is 5.91 Å². The molecule has 6 nitrogen and oxygen atoms in total. The molecule has 0 saturated carbocycles. The fourth-order valence-corrected chi connectivity index (χ4v) is 2.32. The van der Waals surface area contributed by atoms with Gasteiger partial charge in [0, 0.05) is 6.20 Å². The first-order chi connectivity index (χ1) is 8.75. The summed E-state index contributed by atoms with van der Waals surface area (Å²) in [5.74, 6) is 0.663. The third-order valence-corrected chi connectivity index (χ3v) is 3.24. The lowest BCUT2D eigenvalue weighted by Crippen LogP contribution is -2.38. The fourth-order valence-electron chi connectivity index (χ4n) is 1.42. The van der Waals surface area contributed by atoms with Crippen LogP contribution >= 0.6 is 11.8 Å². The smallest absolute Gasteiger partial charge is 0.263 e. The molecule has 0 atom stereocenters. The lowest BCUT2D eigenvalue weighted by Gasteiger charge is -2.13. The second-order valence-corrected chi connectivity index (χ2v) is 4.66. The van der Waals surface area contributed by atoms with Gasteiger partial charge in [-0.15, -0.1) is 11.8 Å². The molecule has 0 unspecified atom stereocenters. The number of hydrogen-bond acceptors (Lipinski definition) is 5. The molecule has 2 rings (SSSR count). The number of aromatic nitrogens is 1. The summed E-state index contributed by atoms with van der Waals surface area (Å²) in [5, 5.41) is 0. The van der Waals surface area contributed by atoms with Crippen LogP contribution in [0.3, 0.4) is 0 Å². The quantitative estimate of drug-likeness (QED) is 0.770. The molecule has 1 aliphatic rings. The molecule has 0 spiro atoms. The Kier molecular flexibility index (Phi) is 4.54. The van der Waals surface area contributed by atoms with Crippen molar-refractivity contribution in [3.8, 4) is 0 Å². The third-order valence-electron chi connectivity index (χ3n) is 2.29. The topological polar surface area (TPSA) is 71.5 Å². The summed E-state index contributed by atoms with van der Waals surface area (Å²) in [6.45, 7) is 0.239. The van der Waals surface area contributed by atoms with Gasteiger partial charge in [-0.3, -0.25) is 19.4 Å². The normalized spacial score (nSPS) is 14.9. The van der Waals surface area contributed by atoms with Crippen LogP contribution in [0, 0.1) is 0 Å². The summed E-state index contributed by atoms with van der Waals surface area (Å²) in [5.41, 5.74) is 3.02. The van der Waals surface area contributed by atoms with Crippen molar-refractivity contribution in [2.75, 3.05) is 18.2 Å². The Morgan fingerprint density at radius 2 is 2.44 bits per heavy atom. The van der Waals surface area contributed by atoms with Crippen LogP contribution in [-0.4, -0.2) is 39.9 Å². The second-order valence-electron chi connectivity index (χ2n) is 3.70. The number of nitrogens with zero attached hydrogens (tertiary/aromatic N) is 2. The van der Waals surface area contributed by atoms with E-state index in [1.165, 1.54) is 16.7 Å². The van der Waals surface area contributed by atoms with Crippen LogP contribution in [0.1, 0.15) is 5.69 Å². The average Bonchev–Trinajstić information content (AvgIpc) is 2.76. The molecule has 1 saturated heterocycles. The molecule has 1 N–H and O–H groups in total. The molecule has 0 radical (unpaired) electrons. The van der Waals surface area contributed by atoms with Gasteiger partial charge in [0.15, 0.2) is 0 Å². The highest BCUT2D eigenvalue weighted by Crippen LogP contribution is 2.13. The zero-order valence-electron chi connectivity index (χ0n) is 9.67. The molecule has 2 amide bonds. The van der Waals surface area contributed by atoms with E-state index in [1.807, 2.05) is 6.07 Å². The van der Waals surface area contributed by atoms with E-state index >= 15 is 0 Å². The van der Waals surface area contributed by atoms with Gasteiger partial charge in [0.05, 0.1) is 17.3 Å². The van der Waals surface area contributed by atoms with Crippen molar-refractivity contribution in [3.05, 3.63) is 30.1 Å². The fraction of sp³-hybridized carbons (Fsp3) is 0.364. The molecular weight excluding hydrogens is 254 g/mol. The Hall–Kier alpha value is -1.60. The van der Waals surface area contributed by atoms with Gasteiger partial charge in [-0.1, -0.05) is 6.07 Å². The molecule has 96 valence electrons. The molecule has 7 heteroatoms. The molecule has 0 aliphatic carbocycles. The molecule has 1 aliphatic heterocycles. The van der Waals surface area contributed by atoms with Crippen molar-refractivity contribution >= 4 is 23.6 Å². The van der Waals surface area contributed by atoms with E-state index in [2.05, 4.69) is 10.5 Å². The van der Waals surface area contributed by atoms with Crippen molar-refractivity contribution < 1.29 is 14.4 Å². The maximum Gasteiger partial charge on any atom is 0.263 e. The summed E-state index contributed by atoms with van der Waals surface area (Å²) in [6, 6.07) is 5.44. The number of carbonyl (C=O) groups is 2. The number of hydroxylamine groups is 1. The first kappa shape index (κ1) is 12.8.